The van der Waals surface area contributed by atoms with E-state index in [2.05, 4.69) is 29.4 Å². The van der Waals surface area contributed by atoms with Crippen LogP contribution in [0.15, 0.2) is 24.3 Å². The van der Waals surface area contributed by atoms with Crippen molar-refractivity contribution in [3.8, 4) is 5.75 Å². The summed E-state index contributed by atoms with van der Waals surface area (Å²) in [5.74, 6) is 3.15. The minimum atomic E-state index is 0. The second-order valence-corrected chi connectivity index (χ2v) is 7.38. The molecular formula is C19H33Cl2N3O2S. The molecule has 1 fully saturated rings. The molecular weight excluding hydrogens is 405 g/mol. The van der Waals surface area contributed by atoms with Crippen molar-refractivity contribution in [2.45, 2.75) is 32.9 Å². The zero-order chi connectivity index (χ0) is 17.9. The molecule has 0 aliphatic carbocycles. The van der Waals surface area contributed by atoms with Gasteiger partial charge in [0.25, 0.3) is 0 Å². The summed E-state index contributed by atoms with van der Waals surface area (Å²) in [5, 5.41) is 6.39. The number of likely N-dealkylation sites (N-methyl/N-ethyl adjacent to an activating group) is 1. The van der Waals surface area contributed by atoms with E-state index in [4.69, 9.17) is 4.74 Å². The molecule has 1 heterocycles. The third-order valence-electron chi connectivity index (χ3n) is 4.41. The van der Waals surface area contributed by atoms with Gasteiger partial charge in [-0.15, -0.1) is 24.8 Å². The molecule has 1 amide bonds. The molecule has 1 aliphatic rings. The van der Waals surface area contributed by atoms with Crippen LogP contribution in [0.25, 0.3) is 0 Å². The number of carbonyl (C=O) groups excluding carboxylic acids is 1. The van der Waals surface area contributed by atoms with E-state index >= 15 is 0 Å². The van der Waals surface area contributed by atoms with E-state index in [0.29, 0.717) is 25.6 Å². The molecule has 1 aromatic carbocycles. The van der Waals surface area contributed by atoms with Crippen molar-refractivity contribution in [1.82, 2.24) is 15.5 Å². The van der Waals surface area contributed by atoms with E-state index in [1.54, 1.807) is 0 Å². The average Bonchev–Trinajstić information content (AvgIpc) is 2.65. The lowest BCUT2D eigenvalue weighted by Crippen LogP contribution is -2.41. The summed E-state index contributed by atoms with van der Waals surface area (Å²) < 4.78 is 5.78. The predicted octanol–water partition coefficient (Wildman–Crippen LogP) is 2.96. The molecule has 1 unspecified atom stereocenters. The summed E-state index contributed by atoms with van der Waals surface area (Å²) in [6.45, 7) is 9.63. The maximum absolute atomic E-state index is 12.0. The molecule has 0 bridgehead atoms. The Morgan fingerprint density at radius 2 is 1.96 bits per heavy atom. The SMILES string of the molecule is CCN(CC)CCOc1ccc(CNC(=O)CC2CSCCN2)cc1.Cl.Cl. The highest BCUT2D eigenvalue weighted by Gasteiger charge is 2.16. The zero-order valence-corrected chi connectivity index (χ0v) is 18.7. The van der Waals surface area contributed by atoms with Crippen LogP contribution >= 0.6 is 36.6 Å². The second kappa shape index (κ2) is 15.3. The van der Waals surface area contributed by atoms with E-state index in [1.165, 1.54) is 0 Å². The van der Waals surface area contributed by atoms with Crippen molar-refractivity contribution < 1.29 is 9.53 Å². The average molecular weight is 438 g/mol. The van der Waals surface area contributed by atoms with Gasteiger partial charge in [0.1, 0.15) is 12.4 Å². The molecule has 1 aliphatic heterocycles. The van der Waals surface area contributed by atoms with Crippen LogP contribution < -0.4 is 15.4 Å². The first-order valence-corrected chi connectivity index (χ1v) is 10.4. The number of hydrogen-bond acceptors (Lipinski definition) is 5. The molecule has 27 heavy (non-hydrogen) atoms. The molecule has 1 saturated heterocycles. The highest BCUT2D eigenvalue weighted by atomic mass is 35.5. The van der Waals surface area contributed by atoms with Gasteiger partial charge in [0, 0.05) is 43.6 Å². The fourth-order valence-electron chi connectivity index (χ4n) is 2.78. The summed E-state index contributed by atoms with van der Waals surface area (Å²) in [6.07, 6.45) is 0.555. The van der Waals surface area contributed by atoms with Crippen LogP contribution in [0.4, 0.5) is 0 Å². The molecule has 2 N–H and O–H groups in total. The van der Waals surface area contributed by atoms with Gasteiger partial charge in [0.05, 0.1) is 0 Å². The van der Waals surface area contributed by atoms with E-state index < -0.39 is 0 Å². The van der Waals surface area contributed by atoms with Crippen molar-refractivity contribution in [2.24, 2.45) is 0 Å². The number of nitrogens with one attached hydrogen (secondary N) is 2. The monoisotopic (exact) mass is 437 g/mol. The zero-order valence-electron chi connectivity index (χ0n) is 16.2. The first-order chi connectivity index (χ1) is 12.2. The molecule has 156 valence electrons. The Morgan fingerprint density at radius 3 is 2.56 bits per heavy atom. The summed E-state index contributed by atoms with van der Waals surface area (Å²) in [6, 6.07) is 8.29. The van der Waals surface area contributed by atoms with Gasteiger partial charge in [-0.05, 0) is 30.8 Å². The lowest BCUT2D eigenvalue weighted by molar-refractivity contribution is -0.121. The number of hydrogen-bond donors (Lipinski definition) is 2. The number of halogens is 2. The molecule has 2 rings (SSSR count). The van der Waals surface area contributed by atoms with Gasteiger partial charge in [-0.25, -0.2) is 0 Å². The van der Waals surface area contributed by atoms with Crippen molar-refractivity contribution in [2.75, 3.05) is 44.3 Å². The smallest absolute Gasteiger partial charge is 0.221 e. The van der Waals surface area contributed by atoms with E-state index in [0.717, 1.165) is 49.0 Å². The quantitative estimate of drug-likeness (QED) is 0.589. The third-order valence-corrected chi connectivity index (χ3v) is 5.54. The van der Waals surface area contributed by atoms with Crippen molar-refractivity contribution >= 4 is 42.5 Å². The summed E-state index contributed by atoms with van der Waals surface area (Å²) in [7, 11) is 0. The normalized spacial score (nSPS) is 16.2. The highest BCUT2D eigenvalue weighted by molar-refractivity contribution is 7.99. The standard InChI is InChI=1S/C19H31N3O2S.2ClH/c1-3-22(4-2)10-11-24-18-7-5-16(6-8-18)14-21-19(23)13-17-15-25-12-9-20-17;;/h5-8,17,20H,3-4,9-15H2,1-2H3,(H,21,23);2*1H. The van der Waals surface area contributed by atoms with Gasteiger partial charge < -0.3 is 20.3 Å². The molecule has 0 aromatic heterocycles. The number of nitrogens with zero attached hydrogens (tertiary/aromatic N) is 1. The van der Waals surface area contributed by atoms with Gasteiger partial charge in [-0.1, -0.05) is 26.0 Å². The Kier molecular flexibility index (Phi) is 14.9. The van der Waals surface area contributed by atoms with Crippen LogP contribution in [0, 0.1) is 0 Å². The molecule has 0 spiro atoms. The summed E-state index contributed by atoms with van der Waals surface area (Å²) >= 11 is 1.91. The molecule has 8 heteroatoms. The fourth-order valence-corrected chi connectivity index (χ4v) is 3.73. The Labute approximate surface area is 180 Å². The maximum Gasteiger partial charge on any atom is 0.221 e. The number of benzene rings is 1. The first kappa shape index (κ1) is 26.3. The van der Waals surface area contributed by atoms with Gasteiger partial charge in [-0.3, -0.25) is 4.79 Å². The lowest BCUT2D eigenvalue weighted by Gasteiger charge is -2.22. The Hall–Kier alpha value is -0.660. The van der Waals surface area contributed by atoms with E-state index in [9.17, 15) is 4.79 Å². The third kappa shape index (κ3) is 10.5. The minimum absolute atomic E-state index is 0. The summed E-state index contributed by atoms with van der Waals surface area (Å²) in [4.78, 5) is 14.4. The Balaban J connectivity index is 0.00000338. The second-order valence-electron chi connectivity index (χ2n) is 6.23. The molecule has 1 atom stereocenters. The predicted molar refractivity (Wildman–Crippen MR) is 120 cm³/mol. The molecule has 0 saturated carbocycles. The Morgan fingerprint density at radius 1 is 1.26 bits per heavy atom. The number of amides is 1. The molecule has 5 nitrogen and oxygen atoms in total. The van der Waals surface area contributed by atoms with Gasteiger partial charge in [-0.2, -0.15) is 11.8 Å². The van der Waals surface area contributed by atoms with E-state index in [1.807, 2.05) is 36.0 Å². The van der Waals surface area contributed by atoms with E-state index in [-0.39, 0.29) is 30.7 Å². The topological polar surface area (TPSA) is 53.6 Å². The van der Waals surface area contributed by atoms with Crippen molar-refractivity contribution in [1.29, 1.82) is 0 Å². The number of ether oxygens (including phenoxy) is 1. The molecule has 0 radical (unpaired) electrons. The van der Waals surface area contributed by atoms with Crippen molar-refractivity contribution in [3.63, 3.8) is 0 Å². The van der Waals surface area contributed by atoms with Gasteiger partial charge in [0.15, 0.2) is 0 Å². The van der Waals surface area contributed by atoms with Crippen LogP contribution in [-0.4, -0.2) is 61.1 Å². The van der Waals surface area contributed by atoms with Crippen molar-refractivity contribution in [3.05, 3.63) is 29.8 Å². The highest BCUT2D eigenvalue weighted by Crippen LogP contribution is 2.13. The fraction of sp³-hybridized carbons (Fsp3) is 0.632. The first-order valence-electron chi connectivity index (χ1n) is 9.23. The lowest BCUT2D eigenvalue weighted by atomic mass is 10.2. The summed E-state index contributed by atoms with van der Waals surface area (Å²) in [5.41, 5.74) is 1.09. The van der Waals surface area contributed by atoms with Crippen LogP contribution in [0.3, 0.4) is 0 Å². The van der Waals surface area contributed by atoms with Crippen LogP contribution in [0.1, 0.15) is 25.8 Å². The number of rotatable bonds is 10. The van der Waals surface area contributed by atoms with Crippen LogP contribution in [-0.2, 0) is 11.3 Å². The number of carbonyl (C=O) groups is 1. The largest absolute Gasteiger partial charge is 0.492 e. The Bertz CT molecular complexity index is 510. The van der Waals surface area contributed by atoms with Gasteiger partial charge in [0.2, 0.25) is 5.91 Å². The maximum atomic E-state index is 12.0. The van der Waals surface area contributed by atoms with Crippen LogP contribution in [0.5, 0.6) is 5.75 Å². The van der Waals surface area contributed by atoms with Crippen LogP contribution in [0.2, 0.25) is 0 Å². The minimum Gasteiger partial charge on any atom is -0.492 e. The molecule has 1 aromatic rings. The number of thioether (sulfide) groups is 1. The van der Waals surface area contributed by atoms with Gasteiger partial charge >= 0.3 is 0 Å².